The van der Waals surface area contributed by atoms with Gasteiger partial charge in [-0.15, -0.1) is 0 Å². The predicted octanol–water partition coefficient (Wildman–Crippen LogP) is 2.83. The molecule has 1 saturated heterocycles. The van der Waals surface area contributed by atoms with Crippen molar-refractivity contribution >= 4 is 0 Å². The maximum absolute atomic E-state index is 6.26. The molecule has 1 aliphatic carbocycles. The van der Waals surface area contributed by atoms with E-state index in [0.29, 0.717) is 11.5 Å². The zero-order chi connectivity index (χ0) is 17.2. The smallest absolute Gasteiger partial charge is 0.0951 e. The third kappa shape index (κ3) is 4.01. The SMILES string of the molecule is CNCCN(C)Cc1cncn1[C@H]1CC[C@]2(CC1)CC(C)(C)CO2. The molecule has 2 fully saturated rings. The highest BCUT2D eigenvalue weighted by Crippen LogP contribution is 2.48. The summed E-state index contributed by atoms with van der Waals surface area (Å²) in [6, 6.07) is 0.582. The van der Waals surface area contributed by atoms with Gasteiger partial charge in [0, 0.05) is 31.9 Å². The first-order valence-corrected chi connectivity index (χ1v) is 9.41. The molecular formula is C19H34N4O. The third-order valence-electron chi connectivity index (χ3n) is 5.75. The Morgan fingerprint density at radius 2 is 2.12 bits per heavy atom. The van der Waals surface area contributed by atoms with Crippen LogP contribution in [0.2, 0.25) is 0 Å². The van der Waals surface area contributed by atoms with E-state index in [-0.39, 0.29) is 5.60 Å². The molecule has 3 rings (SSSR count). The van der Waals surface area contributed by atoms with Crippen LogP contribution in [0, 0.1) is 5.41 Å². The van der Waals surface area contributed by atoms with Gasteiger partial charge in [0.1, 0.15) is 0 Å². The standard InChI is InChI=1S/C19H34N4O/c1-18(2)13-19(24-14-18)7-5-16(6-8-19)23-15-21-11-17(23)12-22(4)10-9-20-3/h11,15-16,20H,5-10,12-14H2,1-4H3/t16-,19-. The highest BCUT2D eigenvalue weighted by Gasteiger charge is 2.46. The second kappa shape index (κ2) is 7.14. The lowest BCUT2D eigenvalue weighted by Gasteiger charge is -2.38. The van der Waals surface area contributed by atoms with Crippen LogP contribution in [0.5, 0.6) is 0 Å². The van der Waals surface area contributed by atoms with Gasteiger partial charge >= 0.3 is 0 Å². The molecule has 1 aromatic rings. The molecular weight excluding hydrogens is 300 g/mol. The van der Waals surface area contributed by atoms with Crippen molar-refractivity contribution in [3.05, 3.63) is 18.2 Å². The van der Waals surface area contributed by atoms with E-state index in [4.69, 9.17) is 4.74 Å². The van der Waals surface area contributed by atoms with Crippen molar-refractivity contribution in [2.24, 2.45) is 5.41 Å². The van der Waals surface area contributed by atoms with Gasteiger partial charge in [-0.3, -0.25) is 4.90 Å². The maximum Gasteiger partial charge on any atom is 0.0951 e. The molecule has 2 aliphatic rings. The minimum atomic E-state index is 0.157. The predicted molar refractivity (Wildman–Crippen MR) is 97.1 cm³/mol. The molecule has 24 heavy (non-hydrogen) atoms. The maximum atomic E-state index is 6.26. The van der Waals surface area contributed by atoms with E-state index in [2.05, 4.69) is 40.7 Å². The fourth-order valence-electron chi connectivity index (χ4n) is 4.49. The van der Waals surface area contributed by atoms with Crippen molar-refractivity contribution in [1.29, 1.82) is 0 Å². The summed E-state index contributed by atoms with van der Waals surface area (Å²) in [6.45, 7) is 8.63. The summed E-state index contributed by atoms with van der Waals surface area (Å²) in [7, 11) is 4.18. The van der Waals surface area contributed by atoms with Crippen molar-refractivity contribution < 1.29 is 4.74 Å². The zero-order valence-electron chi connectivity index (χ0n) is 15.8. The van der Waals surface area contributed by atoms with Crippen LogP contribution in [0.25, 0.3) is 0 Å². The van der Waals surface area contributed by atoms with Gasteiger partial charge in [0.15, 0.2) is 0 Å². The van der Waals surface area contributed by atoms with E-state index in [1.807, 2.05) is 19.6 Å². The number of imidazole rings is 1. The molecule has 5 nitrogen and oxygen atoms in total. The lowest BCUT2D eigenvalue weighted by atomic mass is 9.75. The minimum Gasteiger partial charge on any atom is -0.374 e. The summed E-state index contributed by atoms with van der Waals surface area (Å²) in [5.74, 6) is 0. The number of nitrogens with zero attached hydrogens (tertiary/aromatic N) is 3. The molecule has 0 aromatic carbocycles. The largest absolute Gasteiger partial charge is 0.374 e. The van der Waals surface area contributed by atoms with Crippen LogP contribution in [-0.2, 0) is 11.3 Å². The number of ether oxygens (including phenoxy) is 1. The van der Waals surface area contributed by atoms with Crippen LogP contribution in [0.15, 0.2) is 12.5 Å². The summed E-state index contributed by atoms with van der Waals surface area (Å²) in [4.78, 5) is 6.79. The Balaban J connectivity index is 1.58. The first-order valence-electron chi connectivity index (χ1n) is 9.41. The third-order valence-corrected chi connectivity index (χ3v) is 5.75. The van der Waals surface area contributed by atoms with Gasteiger partial charge in [0.05, 0.1) is 24.2 Å². The Bertz CT molecular complexity index is 531. The highest BCUT2D eigenvalue weighted by atomic mass is 16.5. The average molecular weight is 335 g/mol. The minimum absolute atomic E-state index is 0.157. The Hall–Kier alpha value is -0.910. The Kier molecular flexibility index (Phi) is 5.33. The molecule has 1 N–H and O–H groups in total. The zero-order valence-corrected chi connectivity index (χ0v) is 15.8. The van der Waals surface area contributed by atoms with Crippen LogP contribution < -0.4 is 5.32 Å². The van der Waals surface area contributed by atoms with Gasteiger partial charge in [-0.25, -0.2) is 4.98 Å². The van der Waals surface area contributed by atoms with Gasteiger partial charge in [0.25, 0.3) is 0 Å². The number of hydrogen-bond acceptors (Lipinski definition) is 4. The number of nitrogens with one attached hydrogen (secondary N) is 1. The van der Waals surface area contributed by atoms with Crippen LogP contribution >= 0.6 is 0 Å². The van der Waals surface area contributed by atoms with Gasteiger partial charge in [-0.2, -0.15) is 0 Å². The molecule has 5 heteroatoms. The van der Waals surface area contributed by atoms with Crippen molar-refractivity contribution in [2.45, 2.75) is 64.1 Å². The van der Waals surface area contributed by atoms with Crippen molar-refractivity contribution in [3.8, 4) is 0 Å². The molecule has 0 unspecified atom stereocenters. The van der Waals surface area contributed by atoms with Crippen LogP contribution in [-0.4, -0.2) is 53.8 Å². The fourth-order valence-corrected chi connectivity index (χ4v) is 4.49. The molecule has 136 valence electrons. The van der Waals surface area contributed by atoms with E-state index in [0.717, 1.165) is 26.2 Å². The monoisotopic (exact) mass is 334 g/mol. The quantitative estimate of drug-likeness (QED) is 0.869. The summed E-state index contributed by atoms with van der Waals surface area (Å²) in [5, 5.41) is 3.21. The molecule has 1 saturated carbocycles. The molecule has 1 spiro atoms. The lowest BCUT2D eigenvalue weighted by molar-refractivity contribution is -0.0344. The molecule has 0 bridgehead atoms. The van der Waals surface area contributed by atoms with Gasteiger partial charge in [-0.1, -0.05) is 13.8 Å². The van der Waals surface area contributed by atoms with E-state index < -0.39 is 0 Å². The molecule has 1 aliphatic heterocycles. The average Bonchev–Trinajstić information content (AvgIpc) is 3.11. The number of hydrogen-bond donors (Lipinski definition) is 1. The van der Waals surface area contributed by atoms with E-state index in [1.54, 1.807) is 0 Å². The van der Waals surface area contributed by atoms with E-state index in [9.17, 15) is 0 Å². The summed E-state index contributed by atoms with van der Waals surface area (Å²) >= 11 is 0. The Morgan fingerprint density at radius 1 is 1.38 bits per heavy atom. The van der Waals surface area contributed by atoms with Crippen LogP contribution in [0.4, 0.5) is 0 Å². The van der Waals surface area contributed by atoms with E-state index >= 15 is 0 Å². The van der Waals surface area contributed by atoms with Gasteiger partial charge in [-0.05, 0) is 51.6 Å². The van der Waals surface area contributed by atoms with Crippen LogP contribution in [0.3, 0.4) is 0 Å². The van der Waals surface area contributed by atoms with Crippen molar-refractivity contribution in [2.75, 3.05) is 33.8 Å². The number of likely N-dealkylation sites (N-methyl/N-ethyl adjacent to an activating group) is 2. The molecule has 0 amide bonds. The second-order valence-corrected chi connectivity index (χ2v) is 8.68. The normalized spacial score (nSPS) is 29.6. The fraction of sp³-hybridized carbons (Fsp3) is 0.842. The molecule has 2 heterocycles. The summed E-state index contributed by atoms with van der Waals surface area (Å²) in [6.07, 6.45) is 10.1. The highest BCUT2D eigenvalue weighted by molar-refractivity contribution is 5.04. The summed E-state index contributed by atoms with van der Waals surface area (Å²) in [5.41, 5.74) is 1.84. The first kappa shape index (κ1) is 17.9. The summed E-state index contributed by atoms with van der Waals surface area (Å²) < 4.78 is 8.68. The lowest BCUT2D eigenvalue weighted by Crippen LogP contribution is -2.35. The van der Waals surface area contributed by atoms with Gasteiger partial charge < -0.3 is 14.6 Å². The number of rotatable bonds is 6. The first-order chi connectivity index (χ1) is 11.4. The van der Waals surface area contributed by atoms with E-state index in [1.165, 1.54) is 37.8 Å². The molecule has 1 aromatic heterocycles. The molecule has 0 radical (unpaired) electrons. The van der Waals surface area contributed by atoms with Crippen molar-refractivity contribution in [3.63, 3.8) is 0 Å². The Labute approximate surface area is 146 Å². The molecule has 0 atom stereocenters. The topological polar surface area (TPSA) is 42.3 Å². The Morgan fingerprint density at radius 3 is 2.75 bits per heavy atom. The van der Waals surface area contributed by atoms with Crippen LogP contribution in [0.1, 0.15) is 57.7 Å². The van der Waals surface area contributed by atoms with Crippen molar-refractivity contribution in [1.82, 2.24) is 19.8 Å². The van der Waals surface area contributed by atoms with Gasteiger partial charge in [0.2, 0.25) is 0 Å². The number of aromatic nitrogens is 2. The second-order valence-electron chi connectivity index (χ2n) is 8.68.